The molecule has 1 aromatic rings. The van der Waals surface area contributed by atoms with Gasteiger partial charge in [-0.2, -0.15) is 4.39 Å². The molecular weight excluding hydrogens is 305 g/mol. The number of aliphatic carboxylic acids is 1. The van der Waals surface area contributed by atoms with Gasteiger partial charge >= 0.3 is 5.97 Å². The van der Waals surface area contributed by atoms with Crippen LogP contribution in [0.5, 0.6) is 0 Å². The number of carboxylic acid groups (broad SMARTS) is 1. The number of hydrogen-bond donors (Lipinski definition) is 1. The summed E-state index contributed by atoms with van der Waals surface area (Å²) in [5.74, 6) is -2.63. The van der Waals surface area contributed by atoms with Gasteiger partial charge in [0.05, 0.1) is 10.7 Å². The standard InChI is InChI=1S/C17H21ClFNO2/c1-4-13(15(19)17(21)22)12-8-11-6-5-7-20(10(2)3)16(11)14(18)9-12/h8-10H,4-7H2,1-3H3,(H,21,22). The zero-order valence-corrected chi connectivity index (χ0v) is 13.9. The van der Waals surface area contributed by atoms with E-state index in [2.05, 4.69) is 18.7 Å². The van der Waals surface area contributed by atoms with Gasteiger partial charge in [0.25, 0.3) is 0 Å². The lowest BCUT2D eigenvalue weighted by molar-refractivity contribution is -0.134. The maximum Gasteiger partial charge on any atom is 0.365 e. The molecule has 3 nitrogen and oxygen atoms in total. The van der Waals surface area contributed by atoms with Crippen molar-refractivity contribution < 1.29 is 14.3 Å². The van der Waals surface area contributed by atoms with Crippen molar-refractivity contribution >= 4 is 28.8 Å². The number of fused-ring (bicyclic) bond motifs is 1. The van der Waals surface area contributed by atoms with E-state index in [1.54, 1.807) is 13.0 Å². The van der Waals surface area contributed by atoms with E-state index in [1.807, 2.05) is 6.07 Å². The number of anilines is 1. The first-order valence-corrected chi connectivity index (χ1v) is 7.96. The highest BCUT2D eigenvalue weighted by molar-refractivity contribution is 6.33. The van der Waals surface area contributed by atoms with Crippen molar-refractivity contribution in [2.75, 3.05) is 11.4 Å². The molecule has 0 saturated carbocycles. The second-order valence-corrected chi connectivity index (χ2v) is 6.21. The van der Waals surface area contributed by atoms with E-state index in [4.69, 9.17) is 16.7 Å². The van der Waals surface area contributed by atoms with Gasteiger partial charge in [-0.1, -0.05) is 18.5 Å². The number of halogens is 2. The third kappa shape index (κ3) is 3.12. The Hall–Kier alpha value is -1.55. The van der Waals surface area contributed by atoms with E-state index in [0.717, 1.165) is 30.6 Å². The van der Waals surface area contributed by atoms with Crippen LogP contribution < -0.4 is 4.90 Å². The highest BCUT2D eigenvalue weighted by atomic mass is 35.5. The number of allylic oxidation sites excluding steroid dienone is 1. The fourth-order valence-corrected chi connectivity index (χ4v) is 3.37. The van der Waals surface area contributed by atoms with E-state index in [9.17, 15) is 9.18 Å². The fraction of sp³-hybridized carbons (Fsp3) is 0.471. The van der Waals surface area contributed by atoms with Crippen molar-refractivity contribution in [2.45, 2.75) is 46.1 Å². The Morgan fingerprint density at radius 3 is 2.68 bits per heavy atom. The number of hydrogen-bond acceptors (Lipinski definition) is 2. The van der Waals surface area contributed by atoms with Gasteiger partial charge in [0.2, 0.25) is 5.83 Å². The molecule has 0 fully saturated rings. The zero-order chi connectivity index (χ0) is 16.4. The normalized spacial score (nSPS) is 15.6. The SMILES string of the molecule is CCC(=C(F)C(=O)O)c1cc(Cl)c2c(c1)CCCN2C(C)C. The highest BCUT2D eigenvalue weighted by Crippen LogP contribution is 2.39. The number of carbonyl (C=O) groups is 1. The Morgan fingerprint density at radius 2 is 2.14 bits per heavy atom. The van der Waals surface area contributed by atoms with Crippen LogP contribution in [0.15, 0.2) is 18.0 Å². The van der Waals surface area contributed by atoms with Gasteiger partial charge in [-0.05, 0) is 56.4 Å². The van der Waals surface area contributed by atoms with Crippen LogP contribution in [0.1, 0.15) is 44.7 Å². The molecule has 0 unspecified atom stereocenters. The molecule has 0 atom stereocenters. The van der Waals surface area contributed by atoms with E-state index >= 15 is 0 Å². The van der Waals surface area contributed by atoms with E-state index in [1.165, 1.54) is 0 Å². The average Bonchev–Trinajstić information content (AvgIpc) is 2.47. The molecule has 0 spiro atoms. The van der Waals surface area contributed by atoms with Crippen molar-refractivity contribution in [2.24, 2.45) is 0 Å². The van der Waals surface area contributed by atoms with Gasteiger partial charge in [0.15, 0.2) is 0 Å². The summed E-state index contributed by atoms with van der Waals surface area (Å²) in [5.41, 5.74) is 2.82. The van der Waals surface area contributed by atoms with Crippen LogP contribution in [0, 0.1) is 0 Å². The van der Waals surface area contributed by atoms with Crippen molar-refractivity contribution in [3.63, 3.8) is 0 Å². The molecule has 0 saturated heterocycles. The molecule has 1 aliphatic rings. The number of nitrogens with zero attached hydrogens (tertiary/aromatic N) is 1. The molecule has 0 aliphatic carbocycles. The van der Waals surface area contributed by atoms with Crippen LogP contribution in [0.25, 0.3) is 5.57 Å². The second-order valence-electron chi connectivity index (χ2n) is 5.81. The number of benzene rings is 1. The minimum absolute atomic E-state index is 0.193. The smallest absolute Gasteiger partial charge is 0.365 e. The van der Waals surface area contributed by atoms with Crippen molar-refractivity contribution in [3.8, 4) is 0 Å². The van der Waals surface area contributed by atoms with Crippen LogP contribution in [0.2, 0.25) is 5.02 Å². The molecule has 0 bridgehead atoms. The van der Waals surface area contributed by atoms with Gasteiger partial charge in [-0.3, -0.25) is 0 Å². The maximum absolute atomic E-state index is 13.9. The van der Waals surface area contributed by atoms with Gasteiger partial charge in [-0.15, -0.1) is 0 Å². The number of carboxylic acids is 1. The first-order chi connectivity index (χ1) is 10.4. The summed E-state index contributed by atoms with van der Waals surface area (Å²) in [6, 6.07) is 3.90. The Kier molecular flexibility index (Phi) is 5.12. The summed E-state index contributed by atoms with van der Waals surface area (Å²) in [6.07, 6.45) is 2.19. The molecule has 1 aliphatic heterocycles. The Morgan fingerprint density at radius 1 is 1.45 bits per heavy atom. The number of aryl methyl sites for hydroxylation is 1. The largest absolute Gasteiger partial charge is 0.476 e. The van der Waals surface area contributed by atoms with Gasteiger partial charge in [-0.25, -0.2) is 4.79 Å². The van der Waals surface area contributed by atoms with Crippen molar-refractivity contribution in [1.82, 2.24) is 0 Å². The van der Waals surface area contributed by atoms with Crippen molar-refractivity contribution in [1.29, 1.82) is 0 Å². The van der Waals surface area contributed by atoms with E-state index in [-0.39, 0.29) is 5.57 Å². The van der Waals surface area contributed by atoms with Crippen LogP contribution in [0.3, 0.4) is 0 Å². The molecular formula is C17H21ClFNO2. The lowest BCUT2D eigenvalue weighted by Crippen LogP contribution is -2.35. The molecule has 1 heterocycles. The monoisotopic (exact) mass is 325 g/mol. The molecule has 1 aromatic carbocycles. The number of rotatable bonds is 4. The van der Waals surface area contributed by atoms with E-state index < -0.39 is 11.8 Å². The first kappa shape index (κ1) is 16.8. The third-order valence-electron chi connectivity index (χ3n) is 4.05. The van der Waals surface area contributed by atoms with Crippen LogP contribution >= 0.6 is 11.6 Å². The van der Waals surface area contributed by atoms with Gasteiger partial charge in [0, 0.05) is 18.2 Å². The summed E-state index contributed by atoms with van der Waals surface area (Å²) in [7, 11) is 0. The maximum atomic E-state index is 13.9. The second kappa shape index (κ2) is 6.69. The summed E-state index contributed by atoms with van der Waals surface area (Å²) in [5, 5.41) is 9.45. The predicted molar refractivity (Wildman–Crippen MR) is 88.2 cm³/mol. The predicted octanol–water partition coefficient (Wildman–Crippen LogP) is 4.68. The molecule has 0 aromatic heterocycles. The van der Waals surface area contributed by atoms with Crippen LogP contribution in [-0.2, 0) is 11.2 Å². The molecule has 2 rings (SSSR count). The summed E-state index contributed by atoms with van der Waals surface area (Å²) in [6.45, 7) is 6.91. The Bertz CT molecular complexity index is 625. The Labute approximate surface area is 135 Å². The molecule has 22 heavy (non-hydrogen) atoms. The average molecular weight is 326 g/mol. The zero-order valence-electron chi connectivity index (χ0n) is 13.1. The van der Waals surface area contributed by atoms with Crippen LogP contribution in [-0.4, -0.2) is 23.7 Å². The molecule has 0 radical (unpaired) electrons. The summed E-state index contributed by atoms with van der Waals surface area (Å²) < 4.78 is 13.9. The molecule has 1 N–H and O–H groups in total. The minimum atomic E-state index is -1.53. The quantitative estimate of drug-likeness (QED) is 0.817. The van der Waals surface area contributed by atoms with Crippen LogP contribution in [0.4, 0.5) is 10.1 Å². The van der Waals surface area contributed by atoms with Gasteiger partial charge < -0.3 is 10.0 Å². The Balaban J connectivity index is 2.57. The summed E-state index contributed by atoms with van der Waals surface area (Å²) >= 11 is 6.44. The fourth-order valence-electron chi connectivity index (χ4n) is 3.03. The topological polar surface area (TPSA) is 40.5 Å². The highest BCUT2D eigenvalue weighted by Gasteiger charge is 2.24. The lowest BCUT2D eigenvalue weighted by Gasteiger charge is -2.35. The first-order valence-electron chi connectivity index (χ1n) is 7.58. The lowest BCUT2D eigenvalue weighted by atomic mass is 9.94. The molecule has 120 valence electrons. The molecule has 5 heteroatoms. The van der Waals surface area contributed by atoms with Crippen molar-refractivity contribution in [3.05, 3.63) is 34.1 Å². The third-order valence-corrected chi connectivity index (χ3v) is 4.34. The summed E-state index contributed by atoms with van der Waals surface area (Å²) in [4.78, 5) is 13.2. The molecule has 0 amide bonds. The minimum Gasteiger partial charge on any atom is -0.476 e. The van der Waals surface area contributed by atoms with E-state index in [0.29, 0.717) is 23.0 Å². The van der Waals surface area contributed by atoms with Gasteiger partial charge in [0.1, 0.15) is 0 Å².